The van der Waals surface area contributed by atoms with Gasteiger partial charge in [-0.15, -0.1) is 0 Å². The molecule has 3 unspecified atom stereocenters. The van der Waals surface area contributed by atoms with Crippen molar-refractivity contribution in [1.29, 1.82) is 0 Å². The van der Waals surface area contributed by atoms with E-state index in [2.05, 4.69) is 92.8 Å². The third kappa shape index (κ3) is 34.9. The average Bonchev–Trinajstić information content (AvgIpc) is 3.91. The van der Waals surface area contributed by atoms with Crippen LogP contribution in [0.15, 0.2) is 85.1 Å². The standard InChI is InChI=1S/C46H76NO9P/c1-6-8-10-11-12-13-14-15-16-17-18-22-25-28-32-36-45(48)52-40-42(41-54-57(50,51)53-39-38-47(3,4)5)55-46(49)37-33-29-26-23-20-19-21-24-27-31-35-44-43(56-44)34-30-9-7-2/h8,10,12-13,15-16,18-19,21-23,26-27,31,42-44H,6-7,9,11,14,17,20,24-25,28-30,32-41H2,1-5H3/p+1/b10-8-,13-12-,16-15-,21-19-,22-18-,26-23-,31-27-/t42-,43?,44?/m1/s1. The lowest BCUT2D eigenvalue weighted by molar-refractivity contribution is -0.870. The van der Waals surface area contributed by atoms with Gasteiger partial charge in [-0.05, 0) is 83.5 Å². The quantitative estimate of drug-likeness (QED) is 0.0164. The monoisotopic (exact) mass is 819 g/mol. The average molecular weight is 819 g/mol. The molecular weight excluding hydrogens is 741 g/mol. The summed E-state index contributed by atoms with van der Waals surface area (Å²) in [7, 11) is 1.40. The normalized spacial score (nSPS) is 18.0. The summed E-state index contributed by atoms with van der Waals surface area (Å²) in [4.78, 5) is 35.3. The van der Waals surface area contributed by atoms with Gasteiger partial charge in [-0.2, -0.15) is 0 Å². The molecule has 0 spiro atoms. The van der Waals surface area contributed by atoms with Crippen molar-refractivity contribution in [2.24, 2.45) is 0 Å². The molecular formula is C46H77NO9P+. The van der Waals surface area contributed by atoms with E-state index in [1.807, 2.05) is 27.2 Å². The number of carbonyl (C=O) groups excluding carboxylic acids is 2. The first kappa shape index (κ1) is 52.2. The Balaban J connectivity index is 2.37. The number of nitrogens with zero attached hydrogens (tertiary/aromatic N) is 1. The highest BCUT2D eigenvalue weighted by molar-refractivity contribution is 7.47. The molecule has 1 heterocycles. The maximum absolute atomic E-state index is 12.7. The molecule has 0 aromatic carbocycles. The Bertz CT molecular complexity index is 1310. The number of likely N-dealkylation sites (N-methyl/N-ethyl adjacent to an activating group) is 1. The summed E-state index contributed by atoms with van der Waals surface area (Å²) >= 11 is 0. The predicted molar refractivity (Wildman–Crippen MR) is 233 cm³/mol. The van der Waals surface area contributed by atoms with E-state index in [0.29, 0.717) is 42.5 Å². The Morgan fingerprint density at radius 3 is 1.82 bits per heavy atom. The Morgan fingerprint density at radius 1 is 0.667 bits per heavy atom. The highest BCUT2D eigenvalue weighted by atomic mass is 31.2. The van der Waals surface area contributed by atoms with Crippen molar-refractivity contribution >= 4 is 19.8 Å². The summed E-state index contributed by atoms with van der Waals surface area (Å²) in [6.45, 7) is 4.12. The van der Waals surface area contributed by atoms with Gasteiger partial charge in [-0.3, -0.25) is 18.6 Å². The third-order valence-corrected chi connectivity index (χ3v) is 9.82. The van der Waals surface area contributed by atoms with Crippen LogP contribution in [0, 0.1) is 0 Å². The molecule has 0 amide bonds. The van der Waals surface area contributed by atoms with Gasteiger partial charge in [0.1, 0.15) is 19.8 Å². The van der Waals surface area contributed by atoms with E-state index in [0.717, 1.165) is 57.8 Å². The topological polar surface area (TPSA) is 121 Å². The summed E-state index contributed by atoms with van der Waals surface area (Å²) in [6, 6.07) is 0. The van der Waals surface area contributed by atoms with Gasteiger partial charge in [0, 0.05) is 12.8 Å². The van der Waals surface area contributed by atoms with Gasteiger partial charge >= 0.3 is 19.8 Å². The minimum absolute atomic E-state index is 0.00780. The summed E-state index contributed by atoms with van der Waals surface area (Å²) in [6.07, 6.45) is 45.3. The molecule has 57 heavy (non-hydrogen) atoms. The van der Waals surface area contributed by atoms with Crippen LogP contribution in [-0.2, 0) is 37.4 Å². The smallest absolute Gasteiger partial charge is 0.462 e. The van der Waals surface area contributed by atoms with Gasteiger partial charge in [-0.1, -0.05) is 118 Å². The first-order valence-corrected chi connectivity index (χ1v) is 22.9. The summed E-state index contributed by atoms with van der Waals surface area (Å²) in [5, 5.41) is 0. The number of hydrogen-bond acceptors (Lipinski definition) is 8. The number of phosphoric acid groups is 1. The molecule has 1 rings (SSSR count). The Hall–Kier alpha value is -2.85. The highest BCUT2D eigenvalue weighted by Crippen LogP contribution is 2.43. The van der Waals surface area contributed by atoms with Crippen LogP contribution in [0.25, 0.3) is 0 Å². The number of phosphoric ester groups is 1. The van der Waals surface area contributed by atoms with E-state index in [1.165, 1.54) is 25.7 Å². The van der Waals surface area contributed by atoms with E-state index in [1.54, 1.807) is 0 Å². The maximum Gasteiger partial charge on any atom is 0.472 e. The zero-order valence-corrected chi connectivity index (χ0v) is 36.9. The fraction of sp³-hybridized carbons (Fsp3) is 0.652. The molecule has 11 heteroatoms. The van der Waals surface area contributed by atoms with Gasteiger partial charge < -0.3 is 23.6 Å². The number of unbranched alkanes of at least 4 members (excludes halogenated alkanes) is 5. The number of esters is 2. The zero-order chi connectivity index (χ0) is 41.9. The van der Waals surface area contributed by atoms with Crippen LogP contribution in [-0.4, -0.2) is 87.1 Å². The molecule has 1 saturated heterocycles. The summed E-state index contributed by atoms with van der Waals surface area (Å²) < 4.78 is 39.9. The van der Waals surface area contributed by atoms with Gasteiger partial charge in [0.15, 0.2) is 6.10 Å². The largest absolute Gasteiger partial charge is 0.472 e. The minimum atomic E-state index is -4.41. The maximum atomic E-state index is 12.7. The van der Waals surface area contributed by atoms with Crippen molar-refractivity contribution in [3.05, 3.63) is 85.1 Å². The minimum Gasteiger partial charge on any atom is -0.462 e. The first-order chi connectivity index (χ1) is 27.5. The fourth-order valence-corrected chi connectivity index (χ4v) is 6.12. The van der Waals surface area contributed by atoms with Crippen molar-refractivity contribution < 1.29 is 46.8 Å². The van der Waals surface area contributed by atoms with Crippen molar-refractivity contribution in [2.75, 3.05) is 47.5 Å². The molecule has 10 nitrogen and oxygen atoms in total. The van der Waals surface area contributed by atoms with Crippen molar-refractivity contribution in [3.63, 3.8) is 0 Å². The molecule has 0 bridgehead atoms. The van der Waals surface area contributed by atoms with Crippen LogP contribution in [0.5, 0.6) is 0 Å². The van der Waals surface area contributed by atoms with Crippen molar-refractivity contribution in [1.82, 2.24) is 0 Å². The van der Waals surface area contributed by atoms with Crippen LogP contribution in [0.4, 0.5) is 0 Å². The van der Waals surface area contributed by atoms with E-state index in [-0.39, 0.29) is 26.1 Å². The number of epoxide rings is 1. The number of hydrogen-bond donors (Lipinski definition) is 1. The van der Waals surface area contributed by atoms with Crippen molar-refractivity contribution in [3.8, 4) is 0 Å². The Morgan fingerprint density at radius 2 is 1.23 bits per heavy atom. The molecule has 0 radical (unpaired) electrons. The SMILES string of the molecule is CC/C=C\C/C=C\C/C=C\C/C=C\CCCCC(=O)OC[C@H](COP(=O)(O)OCC[N+](C)(C)C)OC(=O)CCC/C=C\C/C=C\C/C=C\CC1OC1CCCCC. The van der Waals surface area contributed by atoms with Gasteiger partial charge in [0.05, 0.1) is 40.0 Å². The van der Waals surface area contributed by atoms with Crippen molar-refractivity contribution in [2.45, 2.75) is 148 Å². The first-order valence-electron chi connectivity index (χ1n) is 21.4. The highest BCUT2D eigenvalue weighted by Gasteiger charge is 2.36. The Kier molecular flexibility index (Phi) is 31.2. The van der Waals surface area contributed by atoms with E-state index in [9.17, 15) is 19.0 Å². The second-order valence-corrected chi connectivity index (χ2v) is 16.8. The molecule has 324 valence electrons. The van der Waals surface area contributed by atoms with Gasteiger partial charge in [-0.25, -0.2) is 4.57 Å². The third-order valence-electron chi connectivity index (χ3n) is 8.83. The zero-order valence-electron chi connectivity index (χ0n) is 36.0. The molecule has 0 saturated carbocycles. The molecule has 1 fully saturated rings. The molecule has 4 atom stereocenters. The summed E-state index contributed by atoms with van der Waals surface area (Å²) in [5.74, 6) is -0.929. The van der Waals surface area contributed by atoms with Crippen LogP contribution in [0.1, 0.15) is 129 Å². The number of allylic oxidation sites excluding steroid dienone is 13. The lowest BCUT2D eigenvalue weighted by Gasteiger charge is -2.24. The van der Waals surface area contributed by atoms with Crippen LogP contribution in [0.2, 0.25) is 0 Å². The lowest BCUT2D eigenvalue weighted by atomic mass is 10.1. The van der Waals surface area contributed by atoms with Crippen LogP contribution >= 0.6 is 7.82 Å². The molecule has 1 aliphatic rings. The lowest BCUT2D eigenvalue weighted by Crippen LogP contribution is -2.37. The predicted octanol–water partition coefficient (Wildman–Crippen LogP) is 11.0. The van der Waals surface area contributed by atoms with Gasteiger partial charge in [0.25, 0.3) is 0 Å². The molecule has 1 aliphatic heterocycles. The second-order valence-electron chi connectivity index (χ2n) is 15.4. The number of carbonyl (C=O) groups is 2. The van der Waals surface area contributed by atoms with Crippen LogP contribution < -0.4 is 0 Å². The number of quaternary nitrogens is 1. The fourth-order valence-electron chi connectivity index (χ4n) is 5.38. The molecule has 0 aromatic heterocycles. The van der Waals surface area contributed by atoms with E-state index >= 15 is 0 Å². The molecule has 0 aliphatic carbocycles. The number of rotatable bonds is 36. The van der Waals surface area contributed by atoms with E-state index in [4.69, 9.17) is 23.3 Å². The number of ether oxygens (including phenoxy) is 3. The van der Waals surface area contributed by atoms with Gasteiger partial charge in [0.2, 0.25) is 0 Å². The molecule has 0 aromatic rings. The Labute approximate surface area is 346 Å². The summed E-state index contributed by atoms with van der Waals surface area (Å²) in [5.41, 5.74) is 0. The van der Waals surface area contributed by atoms with Crippen LogP contribution in [0.3, 0.4) is 0 Å². The van der Waals surface area contributed by atoms with E-state index < -0.39 is 32.5 Å². The second kappa shape index (κ2) is 34.1. The molecule has 1 N–H and O–H groups in total.